The molecule has 2 heterocycles. The first-order valence-corrected chi connectivity index (χ1v) is 10.5. The molecule has 27 heavy (non-hydrogen) atoms. The molecule has 0 unspecified atom stereocenters. The molecule has 1 fully saturated rings. The van der Waals surface area contributed by atoms with E-state index in [0.29, 0.717) is 0 Å². The smallest absolute Gasteiger partial charge is 0.246 e. The Morgan fingerprint density at radius 1 is 1.15 bits per heavy atom. The van der Waals surface area contributed by atoms with Gasteiger partial charge >= 0.3 is 0 Å². The Labute approximate surface area is 166 Å². The summed E-state index contributed by atoms with van der Waals surface area (Å²) in [4.78, 5) is 21.7. The molecule has 0 N–H and O–H groups in total. The summed E-state index contributed by atoms with van der Waals surface area (Å²) in [6, 6.07) is 9.96. The first-order valence-electron chi connectivity index (χ1n) is 9.61. The average Bonchev–Trinajstić information content (AvgIpc) is 3.00. The number of rotatable bonds is 4. The summed E-state index contributed by atoms with van der Waals surface area (Å²) in [5.41, 5.74) is 2.31. The molecular weight excluding hydrogens is 354 g/mol. The number of hydrogen-bond donors (Lipinski definition) is 0. The molecule has 0 saturated carbocycles. The van der Waals surface area contributed by atoms with Crippen molar-refractivity contribution in [1.82, 2.24) is 14.8 Å². The van der Waals surface area contributed by atoms with Crippen LogP contribution in [0.2, 0.25) is 0 Å². The topological polar surface area (TPSA) is 36.4 Å². The van der Waals surface area contributed by atoms with E-state index in [2.05, 4.69) is 31.1 Å². The van der Waals surface area contributed by atoms with Crippen LogP contribution in [-0.4, -0.2) is 46.9 Å². The number of amides is 1. The molecule has 2 aromatic rings. The van der Waals surface area contributed by atoms with E-state index in [0.717, 1.165) is 50.4 Å². The summed E-state index contributed by atoms with van der Waals surface area (Å²) in [5, 5.41) is 3.37. The maximum atomic E-state index is 12.5. The molecule has 0 radical (unpaired) electrons. The molecule has 1 aliphatic heterocycles. The van der Waals surface area contributed by atoms with Gasteiger partial charge in [-0.1, -0.05) is 51.1 Å². The van der Waals surface area contributed by atoms with Crippen molar-refractivity contribution in [3.8, 4) is 0 Å². The molecule has 1 aromatic carbocycles. The standard InChI is InChI=1S/C22H29N3OS/c1-22(2,3)21-23-19(17-27-21)16-24-12-7-13-25(15-14-24)20(26)11-10-18-8-5-4-6-9-18/h4-6,8-11,17H,7,12-16H2,1-3H3/b11-10+. The number of aromatic nitrogens is 1. The van der Waals surface area contributed by atoms with Gasteiger partial charge in [-0.15, -0.1) is 11.3 Å². The Bertz CT molecular complexity index is 776. The van der Waals surface area contributed by atoms with Gasteiger partial charge in [0.25, 0.3) is 0 Å². The van der Waals surface area contributed by atoms with E-state index in [1.54, 1.807) is 17.4 Å². The highest BCUT2D eigenvalue weighted by Crippen LogP contribution is 2.26. The zero-order valence-corrected chi connectivity index (χ0v) is 17.3. The van der Waals surface area contributed by atoms with Crippen LogP contribution in [0.25, 0.3) is 6.08 Å². The fourth-order valence-corrected chi connectivity index (χ4v) is 4.04. The van der Waals surface area contributed by atoms with E-state index in [4.69, 9.17) is 4.98 Å². The van der Waals surface area contributed by atoms with Crippen molar-refractivity contribution in [3.63, 3.8) is 0 Å². The Hall–Kier alpha value is -1.98. The third-order valence-electron chi connectivity index (χ3n) is 4.70. The minimum atomic E-state index is 0.101. The van der Waals surface area contributed by atoms with Crippen LogP contribution in [0.5, 0.6) is 0 Å². The lowest BCUT2D eigenvalue weighted by atomic mass is 9.98. The van der Waals surface area contributed by atoms with Gasteiger partial charge in [-0.25, -0.2) is 4.98 Å². The summed E-state index contributed by atoms with van der Waals surface area (Å²) in [6.07, 6.45) is 4.59. The molecule has 3 rings (SSSR count). The number of thiazole rings is 1. The van der Waals surface area contributed by atoms with Gasteiger partial charge in [0.1, 0.15) is 0 Å². The zero-order chi connectivity index (χ0) is 19.3. The highest BCUT2D eigenvalue weighted by molar-refractivity contribution is 7.09. The summed E-state index contributed by atoms with van der Waals surface area (Å²) >= 11 is 1.75. The average molecular weight is 384 g/mol. The monoisotopic (exact) mass is 383 g/mol. The number of benzene rings is 1. The van der Waals surface area contributed by atoms with Crippen LogP contribution in [0.15, 0.2) is 41.8 Å². The van der Waals surface area contributed by atoms with Crippen molar-refractivity contribution in [2.45, 2.75) is 39.2 Å². The molecule has 144 valence electrons. The predicted molar refractivity (Wildman–Crippen MR) is 113 cm³/mol. The van der Waals surface area contributed by atoms with Gasteiger partial charge in [0.15, 0.2) is 0 Å². The van der Waals surface area contributed by atoms with Crippen LogP contribution in [0, 0.1) is 0 Å². The van der Waals surface area contributed by atoms with Crippen molar-refractivity contribution in [2.24, 2.45) is 0 Å². The van der Waals surface area contributed by atoms with Crippen LogP contribution >= 0.6 is 11.3 Å². The van der Waals surface area contributed by atoms with Gasteiger partial charge in [-0.05, 0) is 18.1 Å². The lowest BCUT2D eigenvalue weighted by Gasteiger charge is -2.20. The Morgan fingerprint density at radius 2 is 1.93 bits per heavy atom. The SMILES string of the molecule is CC(C)(C)c1nc(CN2CCCN(C(=O)/C=C/c3ccccc3)CC2)cs1. The van der Waals surface area contributed by atoms with Crippen LogP contribution in [0.4, 0.5) is 0 Å². The highest BCUT2D eigenvalue weighted by Gasteiger charge is 2.21. The van der Waals surface area contributed by atoms with E-state index < -0.39 is 0 Å². The molecule has 0 spiro atoms. The van der Waals surface area contributed by atoms with E-state index in [1.807, 2.05) is 41.3 Å². The van der Waals surface area contributed by atoms with Crippen molar-refractivity contribution in [2.75, 3.05) is 26.2 Å². The predicted octanol–water partition coefficient (Wildman–Crippen LogP) is 4.19. The van der Waals surface area contributed by atoms with Gasteiger partial charge < -0.3 is 4.90 Å². The van der Waals surface area contributed by atoms with E-state index in [-0.39, 0.29) is 11.3 Å². The third-order valence-corrected chi connectivity index (χ3v) is 6.01. The van der Waals surface area contributed by atoms with E-state index in [9.17, 15) is 4.79 Å². The Morgan fingerprint density at radius 3 is 2.63 bits per heavy atom. The molecule has 1 saturated heterocycles. The molecule has 5 heteroatoms. The molecule has 1 amide bonds. The minimum Gasteiger partial charge on any atom is -0.338 e. The van der Waals surface area contributed by atoms with Crippen LogP contribution in [-0.2, 0) is 16.8 Å². The fraction of sp³-hybridized carbons (Fsp3) is 0.455. The second-order valence-electron chi connectivity index (χ2n) is 8.09. The Kier molecular flexibility index (Phi) is 6.45. The molecule has 4 nitrogen and oxygen atoms in total. The number of nitrogens with zero attached hydrogens (tertiary/aromatic N) is 3. The Balaban J connectivity index is 1.53. The number of carbonyl (C=O) groups is 1. The van der Waals surface area contributed by atoms with Gasteiger partial charge in [-0.3, -0.25) is 9.69 Å². The first-order chi connectivity index (χ1) is 12.9. The van der Waals surface area contributed by atoms with Crippen molar-refractivity contribution >= 4 is 23.3 Å². The zero-order valence-electron chi connectivity index (χ0n) is 16.5. The second-order valence-corrected chi connectivity index (χ2v) is 8.95. The second kappa shape index (κ2) is 8.81. The highest BCUT2D eigenvalue weighted by atomic mass is 32.1. The van der Waals surface area contributed by atoms with Crippen LogP contribution in [0.1, 0.15) is 43.5 Å². The summed E-state index contributed by atoms with van der Waals surface area (Å²) in [6.45, 7) is 11.0. The molecule has 0 aliphatic carbocycles. The summed E-state index contributed by atoms with van der Waals surface area (Å²) in [5.74, 6) is 0.101. The lowest BCUT2D eigenvalue weighted by molar-refractivity contribution is -0.125. The van der Waals surface area contributed by atoms with Gasteiger partial charge in [0.2, 0.25) is 5.91 Å². The van der Waals surface area contributed by atoms with Gasteiger partial charge in [0.05, 0.1) is 10.7 Å². The van der Waals surface area contributed by atoms with Gasteiger partial charge in [0, 0.05) is 49.6 Å². The normalized spacial score (nSPS) is 16.6. The number of hydrogen-bond acceptors (Lipinski definition) is 4. The molecule has 0 bridgehead atoms. The lowest BCUT2D eigenvalue weighted by Crippen LogP contribution is -2.34. The van der Waals surface area contributed by atoms with E-state index >= 15 is 0 Å². The minimum absolute atomic E-state index is 0.101. The van der Waals surface area contributed by atoms with Crippen molar-refractivity contribution in [3.05, 3.63) is 58.1 Å². The maximum absolute atomic E-state index is 12.5. The maximum Gasteiger partial charge on any atom is 0.246 e. The van der Waals surface area contributed by atoms with Crippen molar-refractivity contribution < 1.29 is 4.79 Å². The largest absolute Gasteiger partial charge is 0.338 e. The number of carbonyl (C=O) groups excluding carboxylic acids is 1. The fourth-order valence-electron chi connectivity index (χ4n) is 3.14. The molecule has 0 atom stereocenters. The molecular formula is C22H29N3OS. The van der Waals surface area contributed by atoms with E-state index in [1.165, 1.54) is 5.01 Å². The molecule has 1 aromatic heterocycles. The van der Waals surface area contributed by atoms with Crippen LogP contribution < -0.4 is 0 Å². The van der Waals surface area contributed by atoms with Crippen LogP contribution in [0.3, 0.4) is 0 Å². The summed E-state index contributed by atoms with van der Waals surface area (Å²) in [7, 11) is 0. The van der Waals surface area contributed by atoms with Gasteiger partial charge in [-0.2, -0.15) is 0 Å². The summed E-state index contributed by atoms with van der Waals surface area (Å²) < 4.78 is 0. The first kappa shape index (κ1) is 19.8. The third kappa shape index (κ3) is 5.75. The quantitative estimate of drug-likeness (QED) is 0.743. The molecule has 1 aliphatic rings. The van der Waals surface area contributed by atoms with Crippen molar-refractivity contribution in [1.29, 1.82) is 0 Å².